The lowest BCUT2D eigenvalue weighted by Gasteiger charge is -2.33. The maximum atomic E-state index is 11.8. The predicted octanol–water partition coefficient (Wildman–Crippen LogP) is 0.643. The number of hydrogen-bond donors (Lipinski definition) is 3. The van der Waals surface area contributed by atoms with E-state index in [1.165, 1.54) is 0 Å². The van der Waals surface area contributed by atoms with E-state index in [0.717, 1.165) is 24.6 Å². The molecule has 1 atom stereocenters. The van der Waals surface area contributed by atoms with Gasteiger partial charge in [-0.3, -0.25) is 4.90 Å². The number of aliphatic hydroxyl groups excluding tert-OH is 1. The van der Waals surface area contributed by atoms with Crippen LogP contribution < -0.4 is 10.6 Å². The van der Waals surface area contributed by atoms with Gasteiger partial charge in [0.05, 0.1) is 19.3 Å². The molecule has 2 heterocycles. The minimum absolute atomic E-state index is 0.00110. The van der Waals surface area contributed by atoms with Gasteiger partial charge in [0.1, 0.15) is 11.5 Å². The number of ether oxygens (including phenoxy) is 1. The minimum Gasteiger partial charge on any atom is -0.465 e. The summed E-state index contributed by atoms with van der Waals surface area (Å²) in [5.74, 6) is 1.72. The molecule has 1 aliphatic rings. The average Bonchev–Trinajstić information content (AvgIpc) is 2.95. The van der Waals surface area contributed by atoms with Gasteiger partial charge in [-0.25, -0.2) is 4.79 Å². The third-order valence-corrected chi connectivity index (χ3v) is 3.65. The number of furan rings is 1. The number of morpholine rings is 1. The lowest BCUT2D eigenvalue weighted by Crippen LogP contribution is -2.45. The highest BCUT2D eigenvalue weighted by Crippen LogP contribution is 2.23. The van der Waals surface area contributed by atoms with E-state index in [1.807, 2.05) is 19.1 Å². The van der Waals surface area contributed by atoms with Crippen molar-refractivity contribution in [2.45, 2.75) is 19.4 Å². The van der Waals surface area contributed by atoms with Crippen molar-refractivity contribution in [3.63, 3.8) is 0 Å². The first-order valence-electron chi connectivity index (χ1n) is 7.71. The number of nitrogens with one attached hydrogen (secondary N) is 2. The maximum Gasteiger partial charge on any atom is 0.314 e. The SMILES string of the molecule is Cc1ccc([C@@H](CNC(=O)NCCCO)N2CCOCC2)o1. The Hall–Kier alpha value is -1.57. The number of rotatable bonds is 7. The monoisotopic (exact) mass is 311 g/mol. The molecule has 1 saturated heterocycles. The highest BCUT2D eigenvalue weighted by atomic mass is 16.5. The normalized spacial score (nSPS) is 17.2. The zero-order valence-corrected chi connectivity index (χ0v) is 13.0. The fraction of sp³-hybridized carbons (Fsp3) is 0.667. The van der Waals surface area contributed by atoms with E-state index in [0.29, 0.717) is 32.7 Å². The Labute approximate surface area is 130 Å². The molecule has 0 aliphatic carbocycles. The van der Waals surface area contributed by atoms with Gasteiger partial charge in [0.2, 0.25) is 0 Å². The van der Waals surface area contributed by atoms with E-state index in [2.05, 4.69) is 15.5 Å². The summed E-state index contributed by atoms with van der Waals surface area (Å²) in [6.07, 6.45) is 0.553. The largest absolute Gasteiger partial charge is 0.465 e. The molecule has 0 unspecified atom stereocenters. The van der Waals surface area contributed by atoms with Crippen LogP contribution in [0.25, 0.3) is 0 Å². The number of carbonyl (C=O) groups is 1. The molecule has 1 aromatic rings. The maximum absolute atomic E-state index is 11.8. The Balaban J connectivity index is 1.91. The van der Waals surface area contributed by atoms with Crippen molar-refractivity contribution in [2.24, 2.45) is 0 Å². The van der Waals surface area contributed by atoms with Crippen LogP contribution in [-0.2, 0) is 4.74 Å². The molecule has 3 N–H and O–H groups in total. The second kappa shape index (κ2) is 8.77. The molecule has 1 fully saturated rings. The molecule has 1 aromatic heterocycles. The third kappa shape index (κ3) is 5.01. The Kier molecular flexibility index (Phi) is 6.70. The van der Waals surface area contributed by atoms with Crippen molar-refractivity contribution in [1.82, 2.24) is 15.5 Å². The molecule has 2 amide bonds. The van der Waals surface area contributed by atoms with E-state index in [1.54, 1.807) is 0 Å². The summed E-state index contributed by atoms with van der Waals surface area (Å²) in [4.78, 5) is 14.0. The summed E-state index contributed by atoms with van der Waals surface area (Å²) in [5.41, 5.74) is 0. The lowest BCUT2D eigenvalue weighted by molar-refractivity contribution is 0.0121. The first-order chi connectivity index (χ1) is 10.7. The molecular formula is C15H25N3O4. The van der Waals surface area contributed by atoms with E-state index >= 15 is 0 Å². The summed E-state index contributed by atoms with van der Waals surface area (Å²) in [6, 6.07) is 3.67. The summed E-state index contributed by atoms with van der Waals surface area (Å²) in [5, 5.41) is 14.3. The second-order valence-electron chi connectivity index (χ2n) is 5.33. The molecule has 0 spiro atoms. The summed E-state index contributed by atoms with van der Waals surface area (Å²) in [6.45, 7) is 5.94. The topological polar surface area (TPSA) is 87.0 Å². The molecule has 2 rings (SSSR count). The van der Waals surface area contributed by atoms with Crippen LogP contribution in [0, 0.1) is 6.92 Å². The number of urea groups is 1. The second-order valence-corrected chi connectivity index (χ2v) is 5.33. The van der Waals surface area contributed by atoms with Crippen molar-refractivity contribution >= 4 is 6.03 Å². The fourth-order valence-corrected chi connectivity index (χ4v) is 2.46. The average molecular weight is 311 g/mol. The quantitative estimate of drug-likeness (QED) is 0.643. The lowest BCUT2D eigenvalue weighted by atomic mass is 10.1. The first-order valence-corrected chi connectivity index (χ1v) is 7.71. The molecule has 0 aromatic carbocycles. The van der Waals surface area contributed by atoms with Crippen molar-refractivity contribution in [3.05, 3.63) is 23.7 Å². The van der Waals surface area contributed by atoms with E-state index in [9.17, 15) is 4.79 Å². The van der Waals surface area contributed by atoms with Crippen LogP contribution in [0.2, 0.25) is 0 Å². The van der Waals surface area contributed by atoms with Gasteiger partial charge in [0.15, 0.2) is 0 Å². The molecule has 0 bridgehead atoms. The van der Waals surface area contributed by atoms with E-state index < -0.39 is 0 Å². The van der Waals surface area contributed by atoms with Crippen molar-refractivity contribution in [1.29, 1.82) is 0 Å². The number of amides is 2. The van der Waals surface area contributed by atoms with Crippen LogP contribution in [0.5, 0.6) is 0 Å². The minimum atomic E-state index is -0.227. The van der Waals surface area contributed by atoms with Crippen LogP contribution in [0.4, 0.5) is 4.79 Å². The van der Waals surface area contributed by atoms with Crippen molar-refractivity contribution in [3.8, 4) is 0 Å². The molecule has 0 radical (unpaired) electrons. The number of nitrogens with zero attached hydrogens (tertiary/aromatic N) is 1. The predicted molar refractivity (Wildman–Crippen MR) is 81.7 cm³/mol. The van der Waals surface area contributed by atoms with Gasteiger partial charge >= 0.3 is 6.03 Å². The van der Waals surface area contributed by atoms with Gasteiger partial charge in [-0.1, -0.05) is 0 Å². The molecule has 22 heavy (non-hydrogen) atoms. The smallest absolute Gasteiger partial charge is 0.314 e. The van der Waals surface area contributed by atoms with Crippen molar-refractivity contribution in [2.75, 3.05) is 46.0 Å². The Morgan fingerprint density at radius 1 is 1.36 bits per heavy atom. The highest BCUT2D eigenvalue weighted by molar-refractivity contribution is 5.73. The molecule has 7 heteroatoms. The number of aryl methyl sites for hydroxylation is 1. The Morgan fingerprint density at radius 3 is 2.77 bits per heavy atom. The van der Waals surface area contributed by atoms with Crippen LogP contribution in [0.3, 0.4) is 0 Å². The van der Waals surface area contributed by atoms with Crippen LogP contribution >= 0.6 is 0 Å². The standard InChI is InChI=1S/C15H25N3O4/c1-12-3-4-14(22-12)13(18-6-9-21-10-7-18)11-17-15(20)16-5-2-8-19/h3-4,13,19H,2,5-11H2,1H3,(H2,16,17,20)/t13-/m1/s1. The van der Waals surface area contributed by atoms with Gasteiger partial charge in [-0.05, 0) is 25.5 Å². The van der Waals surface area contributed by atoms with Crippen LogP contribution in [0.1, 0.15) is 24.0 Å². The molecule has 7 nitrogen and oxygen atoms in total. The zero-order chi connectivity index (χ0) is 15.8. The fourth-order valence-electron chi connectivity index (χ4n) is 2.46. The summed E-state index contributed by atoms with van der Waals surface area (Å²) in [7, 11) is 0. The zero-order valence-electron chi connectivity index (χ0n) is 13.0. The summed E-state index contributed by atoms with van der Waals surface area (Å²) >= 11 is 0. The number of hydrogen-bond acceptors (Lipinski definition) is 5. The van der Waals surface area contributed by atoms with Crippen LogP contribution in [-0.4, -0.2) is 62.0 Å². The van der Waals surface area contributed by atoms with E-state index in [-0.39, 0.29) is 18.7 Å². The van der Waals surface area contributed by atoms with Gasteiger partial charge in [-0.2, -0.15) is 0 Å². The molecule has 124 valence electrons. The summed E-state index contributed by atoms with van der Waals surface area (Å²) < 4.78 is 11.1. The third-order valence-electron chi connectivity index (χ3n) is 3.65. The van der Waals surface area contributed by atoms with Gasteiger partial charge in [-0.15, -0.1) is 0 Å². The van der Waals surface area contributed by atoms with Gasteiger partial charge in [0.25, 0.3) is 0 Å². The van der Waals surface area contributed by atoms with Crippen molar-refractivity contribution < 1.29 is 19.1 Å². The molecular weight excluding hydrogens is 286 g/mol. The number of carbonyl (C=O) groups excluding carboxylic acids is 1. The molecule has 0 saturated carbocycles. The van der Waals surface area contributed by atoms with E-state index in [4.69, 9.17) is 14.3 Å². The Bertz CT molecular complexity index is 457. The van der Waals surface area contributed by atoms with Crippen LogP contribution in [0.15, 0.2) is 16.5 Å². The first kappa shape index (κ1) is 16.8. The Morgan fingerprint density at radius 2 is 2.14 bits per heavy atom. The highest BCUT2D eigenvalue weighted by Gasteiger charge is 2.25. The molecule has 1 aliphatic heterocycles. The van der Waals surface area contributed by atoms with Gasteiger partial charge < -0.3 is 24.9 Å². The number of aliphatic hydroxyl groups is 1. The van der Waals surface area contributed by atoms with Gasteiger partial charge in [0, 0.05) is 32.8 Å².